The summed E-state index contributed by atoms with van der Waals surface area (Å²) in [5.74, 6) is -0.534. The number of amidine groups is 1. The zero-order chi connectivity index (χ0) is 21.7. The van der Waals surface area contributed by atoms with Gasteiger partial charge in [0.2, 0.25) is 0 Å². The molecule has 10 heteroatoms. The van der Waals surface area contributed by atoms with Crippen molar-refractivity contribution in [3.63, 3.8) is 0 Å². The van der Waals surface area contributed by atoms with Crippen LogP contribution >= 0.6 is 0 Å². The fourth-order valence-electron chi connectivity index (χ4n) is 2.83. The number of methoxy groups -OCH3 is 1. The number of hydrogen-bond donors (Lipinski definition) is 2. The first kappa shape index (κ1) is 21.3. The van der Waals surface area contributed by atoms with Crippen LogP contribution in [0.15, 0.2) is 58.4 Å². The van der Waals surface area contributed by atoms with Crippen LogP contribution in [0.25, 0.3) is 0 Å². The maximum Gasteiger partial charge on any atom is 0.331 e. The summed E-state index contributed by atoms with van der Waals surface area (Å²) in [7, 11) is -2.16. The number of amides is 1. The molecular formula is C20H21N3O6S. The van der Waals surface area contributed by atoms with Crippen LogP contribution in [-0.4, -0.2) is 45.9 Å². The minimum Gasteiger partial charge on any atom is -0.496 e. The highest BCUT2D eigenvalue weighted by Gasteiger charge is 2.31. The van der Waals surface area contributed by atoms with Gasteiger partial charge in [0, 0.05) is 17.7 Å². The fourth-order valence-corrected chi connectivity index (χ4v) is 4.07. The topological polar surface area (TPSA) is 123 Å². The van der Waals surface area contributed by atoms with E-state index in [0.29, 0.717) is 11.3 Å². The van der Waals surface area contributed by atoms with Gasteiger partial charge in [-0.15, -0.1) is 0 Å². The van der Waals surface area contributed by atoms with Crippen LogP contribution in [0.1, 0.15) is 18.1 Å². The smallest absolute Gasteiger partial charge is 0.331 e. The molecule has 1 atom stereocenters. The van der Waals surface area contributed by atoms with Crippen molar-refractivity contribution in [3.05, 3.63) is 59.7 Å². The van der Waals surface area contributed by atoms with Crippen molar-refractivity contribution in [2.24, 2.45) is 4.99 Å². The third-order valence-electron chi connectivity index (χ3n) is 4.34. The van der Waals surface area contributed by atoms with E-state index in [1.807, 2.05) is 18.2 Å². The van der Waals surface area contributed by atoms with Gasteiger partial charge >= 0.3 is 5.97 Å². The Bertz CT molecular complexity index is 1100. The van der Waals surface area contributed by atoms with Crippen molar-refractivity contribution in [2.75, 3.05) is 13.7 Å². The SMILES string of the molecule is COc1ccccc1CNC(=O)COC(=O)[C@H](C)N=C1NS(=O)(=O)c2ccccc21. The predicted octanol–water partition coefficient (Wildman–Crippen LogP) is 0.982. The Morgan fingerprint density at radius 1 is 1.13 bits per heavy atom. The maximum atomic E-state index is 12.2. The summed E-state index contributed by atoms with van der Waals surface area (Å²) >= 11 is 0. The van der Waals surface area contributed by atoms with Crippen LogP contribution in [0.5, 0.6) is 5.75 Å². The molecule has 2 aromatic carbocycles. The van der Waals surface area contributed by atoms with E-state index < -0.39 is 34.5 Å². The number of sulfonamides is 1. The van der Waals surface area contributed by atoms with Crippen molar-refractivity contribution in [1.29, 1.82) is 0 Å². The number of benzene rings is 2. The molecule has 2 N–H and O–H groups in total. The molecule has 0 aliphatic carbocycles. The van der Waals surface area contributed by atoms with Gasteiger partial charge in [0.25, 0.3) is 15.9 Å². The Morgan fingerprint density at radius 3 is 2.60 bits per heavy atom. The number of rotatable bonds is 7. The van der Waals surface area contributed by atoms with Crippen LogP contribution in [-0.2, 0) is 30.9 Å². The lowest BCUT2D eigenvalue weighted by molar-refractivity contribution is -0.149. The Balaban J connectivity index is 1.55. The van der Waals surface area contributed by atoms with Crippen molar-refractivity contribution < 1.29 is 27.5 Å². The second kappa shape index (κ2) is 8.95. The number of carbonyl (C=O) groups is 2. The van der Waals surface area contributed by atoms with E-state index in [2.05, 4.69) is 15.0 Å². The lowest BCUT2D eigenvalue weighted by Gasteiger charge is -2.11. The number of esters is 1. The molecule has 0 unspecified atom stereocenters. The summed E-state index contributed by atoms with van der Waals surface area (Å²) in [6.07, 6.45) is 0. The molecule has 3 rings (SSSR count). The molecule has 0 spiro atoms. The van der Waals surface area contributed by atoms with Crippen LogP contribution in [0.4, 0.5) is 0 Å². The first-order chi connectivity index (χ1) is 14.3. The number of ether oxygens (including phenoxy) is 2. The van der Waals surface area contributed by atoms with Gasteiger partial charge in [-0.2, -0.15) is 0 Å². The van der Waals surface area contributed by atoms with Gasteiger partial charge in [-0.1, -0.05) is 30.3 Å². The van der Waals surface area contributed by atoms with Gasteiger partial charge in [-0.05, 0) is 25.1 Å². The average molecular weight is 431 g/mol. The number of nitrogens with zero attached hydrogens (tertiary/aromatic N) is 1. The molecule has 0 saturated carbocycles. The van der Waals surface area contributed by atoms with Crippen molar-refractivity contribution in [2.45, 2.75) is 24.4 Å². The van der Waals surface area contributed by atoms with Crippen LogP contribution in [0.3, 0.4) is 0 Å². The summed E-state index contributed by atoms with van der Waals surface area (Å²) in [5.41, 5.74) is 1.17. The van der Waals surface area contributed by atoms with E-state index in [4.69, 9.17) is 9.47 Å². The Kier molecular flexibility index (Phi) is 6.36. The normalized spacial score (nSPS) is 16.3. The lowest BCUT2D eigenvalue weighted by Crippen LogP contribution is -2.31. The molecule has 1 heterocycles. The second-order valence-corrected chi connectivity index (χ2v) is 8.10. The van der Waals surface area contributed by atoms with Gasteiger partial charge in [0.15, 0.2) is 6.61 Å². The van der Waals surface area contributed by atoms with E-state index in [1.165, 1.54) is 20.1 Å². The van der Waals surface area contributed by atoms with Gasteiger partial charge in [0.1, 0.15) is 17.6 Å². The fraction of sp³-hybridized carbons (Fsp3) is 0.250. The molecule has 2 aromatic rings. The quantitative estimate of drug-likeness (QED) is 0.630. The first-order valence-electron chi connectivity index (χ1n) is 9.07. The number of nitrogens with one attached hydrogen (secondary N) is 2. The summed E-state index contributed by atoms with van der Waals surface area (Å²) in [6, 6.07) is 12.5. The monoisotopic (exact) mass is 431 g/mol. The highest BCUT2D eigenvalue weighted by molar-refractivity contribution is 7.90. The molecule has 0 aromatic heterocycles. The number of aliphatic imine (C=N–C) groups is 1. The van der Waals surface area contributed by atoms with Crippen LogP contribution in [0.2, 0.25) is 0 Å². The predicted molar refractivity (Wildman–Crippen MR) is 109 cm³/mol. The van der Waals surface area contributed by atoms with Crippen molar-refractivity contribution >= 4 is 27.7 Å². The Labute approximate surface area is 174 Å². The number of para-hydroxylation sites is 1. The van der Waals surface area contributed by atoms with Crippen LogP contribution in [0, 0.1) is 0 Å². The molecule has 9 nitrogen and oxygen atoms in total. The maximum absolute atomic E-state index is 12.2. The summed E-state index contributed by atoms with van der Waals surface area (Å²) in [5, 5.41) is 2.64. The first-order valence-corrected chi connectivity index (χ1v) is 10.6. The average Bonchev–Trinajstić information content (AvgIpc) is 3.00. The zero-order valence-corrected chi connectivity index (χ0v) is 17.2. The summed E-state index contributed by atoms with van der Waals surface area (Å²) in [6.45, 7) is 1.19. The molecule has 0 fully saturated rings. The third kappa shape index (κ3) is 4.77. The van der Waals surface area contributed by atoms with Gasteiger partial charge in [-0.25, -0.2) is 13.2 Å². The standard InChI is InChI=1S/C20H21N3O6S/c1-13(22-19-15-8-4-6-10-17(15)30(26,27)23-19)20(25)29-12-18(24)21-11-14-7-3-5-9-16(14)28-2/h3-10,13H,11-12H2,1-2H3,(H,21,24)(H,22,23)/t13-/m0/s1. The summed E-state index contributed by atoms with van der Waals surface area (Å²) in [4.78, 5) is 28.4. The van der Waals surface area contributed by atoms with Crippen molar-refractivity contribution in [1.82, 2.24) is 10.0 Å². The Hall–Kier alpha value is -3.40. The van der Waals surface area contributed by atoms with Gasteiger partial charge in [0.05, 0.1) is 12.0 Å². The molecule has 1 aliphatic rings. The molecule has 0 saturated heterocycles. The van der Waals surface area contributed by atoms with Crippen LogP contribution < -0.4 is 14.8 Å². The minimum atomic E-state index is -3.70. The van der Waals surface area contributed by atoms with E-state index >= 15 is 0 Å². The molecule has 0 bridgehead atoms. The largest absolute Gasteiger partial charge is 0.496 e. The third-order valence-corrected chi connectivity index (χ3v) is 5.74. The van der Waals surface area contributed by atoms with Gasteiger partial charge < -0.3 is 14.8 Å². The van der Waals surface area contributed by atoms with Crippen molar-refractivity contribution in [3.8, 4) is 5.75 Å². The zero-order valence-electron chi connectivity index (χ0n) is 16.4. The number of fused-ring (bicyclic) bond motifs is 1. The van der Waals surface area contributed by atoms with E-state index in [0.717, 1.165) is 5.56 Å². The second-order valence-electron chi connectivity index (χ2n) is 6.45. The highest BCUT2D eigenvalue weighted by atomic mass is 32.2. The number of carbonyl (C=O) groups excluding carboxylic acids is 2. The number of hydrogen-bond acceptors (Lipinski definition) is 7. The molecule has 30 heavy (non-hydrogen) atoms. The van der Waals surface area contributed by atoms with E-state index in [1.54, 1.807) is 24.3 Å². The molecule has 0 radical (unpaired) electrons. The van der Waals surface area contributed by atoms with Gasteiger partial charge in [-0.3, -0.25) is 14.5 Å². The van der Waals surface area contributed by atoms with E-state index in [9.17, 15) is 18.0 Å². The lowest BCUT2D eigenvalue weighted by atomic mass is 10.2. The Morgan fingerprint density at radius 2 is 1.83 bits per heavy atom. The molecule has 1 aliphatic heterocycles. The molecule has 1 amide bonds. The molecular weight excluding hydrogens is 410 g/mol. The molecule has 158 valence electrons. The van der Waals surface area contributed by atoms with E-state index in [-0.39, 0.29) is 17.3 Å². The summed E-state index contributed by atoms with van der Waals surface area (Å²) < 4.78 is 36.7. The highest BCUT2D eigenvalue weighted by Crippen LogP contribution is 2.22. The minimum absolute atomic E-state index is 0.0654.